The minimum Gasteiger partial charge on any atom is -0.444 e. The van der Waals surface area contributed by atoms with Crippen molar-refractivity contribution in [1.82, 2.24) is 9.80 Å². The normalized spacial score (nSPS) is 19.7. The zero-order chi connectivity index (χ0) is 13.8. The van der Waals surface area contributed by atoms with E-state index >= 15 is 0 Å². The lowest BCUT2D eigenvalue weighted by Gasteiger charge is -2.35. The molecule has 0 saturated carbocycles. The van der Waals surface area contributed by atoms with Crippen molar-refractivity contribution in [2.75, 3.05) is 32.7 Å². The third-order valence-electron chi connectivity index (χ3n) is 2.89. The molecule has 0 bridgehead atoms. The van der Waals surface area contributed by atoms with Gasteiger partial charge in [-0.1, -0.05) is 0 Å². The Balaban J connectivity index is 2.28. The van der Waals surface area contributed by atoms with Crippen molar-refractivity contribution in [3.8, 4) is 0 Å². The summed E-state index contributed by atoms with van der Waals surface area (Å²) in [5.41, 5.74) is -0.430. The molecule has 0 aromatic heterocycles. The largest absolute Gasteiger partial charge is 0.444 e. The van der Waals surface area contributed by atoms with E-state index in [0.717, 1.165) is 26.1 Å². The van der Waals surface area contributed by atoms with Crippen molar-refractivity contribution in [1.29, 1.82) is 0 Å². The minimum atomic E-state index is -0.430. The molecule has 5 heteroatoms. The van der Waals surface area contributed by atoms with Gasteiger partial charge in [-0.05, 0) is 34.1 Å². The van der Waals surface area contributed by atoms with E-state index in [1.165, 1.54) is 0 Å². The van der Waals surface area contributed by atoms with E-state index in [1.54, 1.807) is 11.8 Å². The minimum absolute atomic E-state index is 0.224. The van der Waals surface area contributed by atoms with Crippen molar-refractivity contribution in [3.63, 3.8) is 0 Å². The molecule has 1 aliphatic rings. The number of nitrogens with zero attached hydrogens (tertiary/aromatic N) is 2. The SMILES string of the molecule is CC(O)CCN1CCN(C(=O)OC(C)(C)C)CC1. The molecule has 1 fully saturated rings. The van der Waals surface area contributed by atoms with Gasteiger partial charge in [0, 0.05) is 32.7 Å². The molecule has 18 heavy (non-hydrogen) atoms. The van der Waals surface area contributed by atoms with Crippen molar-refractivity contribution in [2.45, 2.75) is 45.8 Å². The average molecular weight is 258 g/mol. The second-order valence-electron chi connectivity index (χ2n) is 5.95. The molecule has 1 N–H and O–H groups in total. The Morgan fingerprint density at radius 2 is 1.83 bits per heavy atom. The number of amides is 1. The van der Waals surface area contributed by atoms with Crippen molar-refractivity contribution in [2.24, 2.45) is 0 Å². The number of aliphatic hydroxyl groups is 1. The van der Waals surface area contributed by atoms with Crippen LogP contribution < -0.4 is 0 Å². The van der Waals surface area contributed by atoms with Crippen LogP contribution in [-0.4, -0.2) is 65.4 Å². The molecule has 0 aromatic carbocycles. The van der Waals surface area contributed by atoms with E-state index in [0.29, 0.717) is 13.1 Å². The molecule has 5 nitrogen and oxygen atoms in total. The Bertz CT molecular complexity index is 266. The second-order valence-corrected chi connectivity index (χ2v) is 5.95. The fourth-order valence-electron chi connectivity index (χ4n) is 1.85. The summed E-state index contributed by atoms with van der Waals surface area (Å²) in [6.45, 7) is 11.4. The molecular formula is C13H26N2O3. The molecule has 1 saturated heterocycles. The van der Waals surface area contributed by atoms with Gasteiger partial charge in [0.2, 0.25) is 0 Å². The van der Waals surface area contributed by atoms with E-state index in [4.69, 9.17) is 4.74 Å². The lowest BCUT2D eigenvalue weighted by Crippen LogP contribution is -2.50. The first-order valence-corrected chi connectivity index (χ1v) is 6.66. The van der Waals surface area contributed by atoms with Crippen LogP contribution >= 0.6 is 0 Å². The maximum absolute atomic E-state index is 11.8. The third-order valence-corrected chi connectivity index (χ3v) is 2.89. The maximum atomic E-state index is 11.8. The number of carbonyl (C=O) groups excluding carboxylic acids is 1. The van der Waals surface area contributed by atoms with Crippen molar-refractivity contribution < 1.29 is 14.6 Å². The highest BCUT2D eigenvalue weighted by Gasteiger charge is 2.25. The molecule has 1 heterocycles. The lowest BCUT2D eigenvalue weighted by molar-refractivity contribution is 0.0134. The lowest BCUT2D eigenvalue weighted by atomic mass is 10.2. The second kappa shape index (κ2) is 6.38. The average Bonchev–Trinajstić information content (AvgIpc) is 2.24. The van der Waals surface area contributed by atoms with Crippen LogP contribution in [0.1, 0.15) is 34.1 Å². The summed E-state index contributed by atoms with van der Waals surface area (Å²) in [5, 5.41) is 9.24. The highest BCUT2D eigenvalue weighted by molar-refractivity contribution is 5.68. The van der Waals surface area contributed by atoms with Crippen LogP contribution in [0.25, 0.3) is 0 Å². The highest BCUT2D eigenvalue weighted by atomic mass is 16.6. The van der Waals surface area contributed by atoms with Crippen LogP contribution in [0.5, 0.6) is 0 Å². The van der Waals surface area contributed by atoms with Gasteiger partial charge < -0.3 is 14.7 Å². The summed E-state index contributed by atoms with van der Waals surface area (Å²) in [6.07, 6.45) is 0.304. The van der Waals surface area contributed by atoms with Gasteiger partial charge in [-0.25, -0.2) is 4.79 Å². The van der Waals surface area contributed by atoms with Gasteiger partial charge in [0.15, 0.2) is 0 Å². The fraction of sp³-hybridized carbons (Fsp3) is 0.923. The number of hydrogen-bond donors (Lipinski definition) is 1. The number of rotatable bonds is 3. The Hall–Kier alpha value is -0.810. The smallest absolute Gasteiger partial charge is 0.410 e. The third kappa shape index (κ3) is 5.69. The molecule has 1 amide bonds. The first-order valence-electron chi connectivity index (χ1n) is 6.66. The van der Waals surface area contributed by atoms with Gasteiger partial charge in [0.25, 0.3) is 0 Å². The molecule has 0 radical (unpaired) electrons. The monoisotopic (exact) mass is 258 g/mol. The molecular weight excluding hydrogens is 232 g/mol. The Labute approximate surface area is 110 Å². The summed E-state index contributed by atoms with van der Waals surface area (Å²) < 4.78 is 5.34. The summed E-state index contributed by atoms with van der Waals surface area (Å²) in [7, 11) is 0. The summed E-state index contributed by atoms with van der Waals surface area (Å²) in [5.74, 6) is 0. The van der Waals surface area contributed by atoms with Gasteiger partial charge in [-0.15, -0.1) is 0 Å². The molecule has 1 atom stereocenters. The van der Waals surface area contributed by atoms with Gasteiger partial charge in [-0.2, -0.15) is 0 Å². The molecule has 0 aliphatic carbocycles. The van der Waals surface area contributed by atoms with Gasteiger partial charge in [0.05, 0.1) is 6.10 Å². The van der Waals surface area contributed by atoms with Gasteiger partial charge >= 0.3 is 6.09 Å². The standard InChI is InChI=1S/C13H26N2O3/c1-11(16)5-6-14-7-9-15(10-8-14)12(17)18-13(2,3)4/h11,16H,5-10H2,1-4H3. The quantitative estimate of drug-likeness (QED) is 0.829. The highest BCUT2D eigenvalue weighted by Crippen LogP contribution is 2.12. The van der Waals surface area contributed by atoms with E-state index in [2.05, 4.69) is 4.90 Å². The summed E-state index contributed by atoms with van der Waals surface area (Å²) >= 11 is 0. The summed E-state index contributed by atoms with van der Waals surface area (Å²) in [4.78, 5) is 15.9. The van der Waals surface area contributed by atoms with Gasteiger partial charge in [0.1, 0.15) is 5.60 Å². The van der Waals surface area contributed by atoms with Crippen LogP contribution in [0.2, 0.25) is 0 Å². The molecule has 1 rings (SSSR count). The number of ether oxygens (including phenoxy) is 1. The van der Waals surface area contributed by atoms with E-state index < -0.39 is 5.60 Å². The Kier molecular flexibility index (Phi) is 5.41. The number of carbonyl (C=O) groups is 1. The topological polar surface area (TPSA) is 53.0 Å². The van der Waals surface area contributed by atoms with E-state index in [-0.39, 0.29) is 12.2 Å². The predicted octanol–water partition coefficient (Wildman–Crippen LogP) is 1.31. The zero-order valence-electron chi connectivity index (χ0n) is 12.0. The molecule has 1 aliphatic heterocycles. The number of aliphatic hydroxyl groups excluding tert-OH is 1. The first kappa shape index (κ1) is 15.2. The maximum Gasteiger partial charge on any atom is 0.410 e. The number of piperazine rings is 1. The van der Waals surface area contributed by atoms with Crippen molar-refractivity contribution >= 4 is 6.09 Å². The molecule has 1 unspecified atom stereocenters. The molecule has 0 aromatic rings. The van der Waals surface area contributed by atoms with Crippen LogP contribution in [0.15, 0.2) is 0 Å². The van der Waals surface area contributed by atoms with Crippen LogP contribution in [0.3, 0.4) is 0 Å². The zero-order valence-corrected chi connectivity index (χ0v) is 12.0. The molecule has 106 valence electrons. The number of hydrogen-bond acceptors (Lipinski definition) is 4. The Morgan fingerprint density at radius 3 is 2.28 bits per heavy atom. The predicted molar refractivity (Wildman–Crippen MR) is 70.5 cm³/mol. The molecule has 0 spiro atoms. The van der Waals surface area contributed by atoms with Crippen molar-refractivity contribution in [3.05, 3.63) is 0 Å². The van der Waals surface area contributed by atoms with Gasteiger partial charge in [-0.3, -0.25) is 4.90 Å². The first-order chi connectivity index (χ1) is 8.28. The Morgan fingerprint density at radius 1 is 1.28 bits per heavy atom. The van der Waals surface area contributed by atoms with Crippen LogP contribution in [0, 0.1) is 0 Å². The van der Waals surface area contributed by atoms with E-state index in [9.17, 15) is 9.90 Å². The summed E-state index contributed by atoms with van der Waals surface area (Å²) in [6, 6.07) is 0. The van der Waals surface area contributed by atoms with Crippen LogP contribution in [-0.2, 0) is 4.74 Å². The van der Waals surface area contributed by atoms with E-state index in [1.807, 2.05) is 20.8 Å². The fourth-order valence-corrected chi connectivity index (χ4v) is 1.85. The van der Waals surface area contributed by atoms with Crippen LogP contribution in [0.4, 0.5) is 4.79 Å².